The third kappa shape index (κ3) is 5.08. The number of aliphatic hydroxyl groups excluding tert-OH is 1. The first-order valence-electron chi connectivity index (χ1n) is 7.21. The fraction of sp³-hybridized carbons (Fsp3) is 0.500. The summed E-state index contributed by atoms with van der Waals surface area (Å²) in [5.74, 6) is 0. The summed E-state index contributed by atoms with van der Waals surface area (Å²) in [7, 11) is -3.43. The van der Waals surface area contributed by atoms with Gasteiger partial charge in [-0.3, -0.25) is 4.57 Å². The molecule has 2 atom stereocenters. The summed E-state index contributed by atoms with van der Waals surface area (Å²) in [6.45, 7) is 7.86. The predicted molar refractivity (Wildman–Crippen MR) is 85.5 cm³/mol. The van der Waals surface area contributed by atoms with Gasteiger partial charge in [0.25, 0.3) is 0 Å². The molecule has 4 nitrogen and oxygen atoms in total. The van der Waals surface area contributed by atoms with Gasteiger partial charge in [-0.1, -0.05) is 42.0 Å². The average molecular weight is 312 g/mol. The maximum absolute atomic E-state index is 13.0. The van der Waals surface area contributed by atoms with Gasteiger partial charge in [0, 0.05) is 0 Å². The van der Waals surface area contributed by atoms with Crippen LogP contribution in [-0.2, 0) is 13.6 Å². The number of allylic oxidation sites excluding steroid dienone is 1. The van der Waals surface area contributed by atoms with Crippen molar-refractivity contribution in [3.63, 3.8) is 0 Å². The third-order valence-corrected chi connectivity index (χ3v) is 5.35. The molecule has 0 spiro atoms. The zero-order valence-electron chi connectivity index (χ0n) is 13.2. The molecule has 21 heavy (non-hydrogen) atoms. The number of benzene rings is 1. The highest BCUT2D eigenvalue weighted by atomic mass is 31.2. The summed E-state index contributed by atoms with van der Waals surface area (Å²) in [5.41, 5.74) is 0.930. The summed E-state index contributed by atoms with van der Waals surface area (Å²) in [6.07, 6.45) is 0.828. The molecular formula is C16H25O4P. The zero-order valence-corrected chi connectivity index (χ0v) is 14.0. The summed E-state index contributed by atoms with van der Waals surface area (Å²) in [6, 6.07) is 9.16. The lowest BCUT2D eigenvalue weighted by atomic mass is 10.1. The Morgan fingerprint density at radius 1 is 1.19 bits per heavy atom. The molecule has 1 N–H and O–H groups in total. The van der Waals surface area contributed by atoms with E-state index >= 15 is 0 Å². The highest BCUT2D eigenvalue weighted by Gasteiger charge is 2.39. The van der Waals surface area contributed by atoms with E-state index in [-0.39, 0.29) is 13.2 Å². The van der Waals surface area contributed by atoms with Gasteiger partial charge in [-0.05, 0) is 33.3 Å². The van der Waals surface area contributed by atoms with Crippen molar-refractivity contribution < 1.29 is 18.7 Å². The van der Waals surface area contributed by atoms with E-state index in [0.717, 1.165) is 5.57 Å². The molecule has 0 saturated heterocycles. The Hall–Kier alpha value is -0.930. The molecule has 118 valence electrons. The van der Waals surface area contributed by atoms with Crippen LogP contribution < -0.4 is 0 Å². The lowest BCUT2D eigenvalue weighted by molar-refractivity contribution is 0.151. The van der Waals surface area contributed by atoms with Gasteiger partial charge in [-0.25, -0.2) is 0 Å². The van der Waals surface area contributed by atoms with Crippen LogP contribution in [0.2, 0.25) is 0 Å². The van der Waals surface area contributed by atoms with Crippen LogP contribution in [0.5, 0.6) is 0 Å². The topological polar surface area (TPSA) is 55.8 Å². The molecular weight excluding hydrogens is 287 g/mol. The molecule has 0 bridgehead atoms. The molecule has 1 rings (SSSR count). The number of hydrogen-bond acceptors (Lipinski definition) is 4. The fourth-order valence-corrected chi connectivity index (χ4v) is 4.25. The normalized spacial score (nSPS) is 14.5. The Balaban J connectivity index is 3.21. The van der Waals surface area contributed by atoms with E-state index in [0.29, 0.717) is 5.56 Å². The van der Waals surface area contributed by atoms with E-state index in [4.69, 9.17) is 9.05 Å². The second kappa shape index (κ2) is 8.50. The Labute approximate surface area is 127 Å². The average Bonchev–Trinajstić information content (AvgIpc) is 2.45. The molecule has 0 fully saturated rings. The highest BCUT2D eigenvalue weighted by Crippen LogP contribution is 2.57. The smallest absolute Gasteiger partial charge is 0.340 e. The van der Waals surface area contributed by atoms with Gasteiger partial charge in [0.2, 0.25) is 0 Å². The number of hydrogen-bond donors (Lipinski definition) is 1. The van der Waals surface area contributed by atoms with Gasteiger partial charge in [0.15, 0.2) is 0 Å². The summed E-state index contributed by atoms with van der Waals surface area (Å²) < 4.78 is 23.8. The molecule has 0 radical (unpaired) electrons. The minimum absolute atomic E-state index is 0.270. The van der Waals surface area contributed by atoms with Crippen LogP contribution in [0.25, 0.3) is 0 Å². The first-order chi connectivity index (χ1) is 9.94. The van der Waals surface area contributed by atoms with E-state index in [9.17, 15) is 9.67 Å². The van der Waals surface area contributed by atoms with E-state index in [1.807, 2.05) is 32.0 Å². The van der Waals surface area contributed by atoms with Crippen molar-refractivity contribution >= 4 is 7.60 Å². The molecule has 0 aromatic heterocycles. The standard InChI is InChI=1S/C16H25O4P/c1-5-19-21(18,20-6-2)15(12-13(3)4)16(17)14-10-8-7-9-11-14/h7-12,15-17H,5-6H2,1-4H3/t15-,16-/m0/s1. The van der Waals surface area contributed by atoms with Crippen LogP contribution in [-0.4, -0.2) is 24.0 Å². The second-order valence-electron chi connectivity index (χ2n) is 4.97. The van der Waals surface area contributed by atoms with E-state index in [2.05, 4.69) is 0 Å². The van der Waals surface area contributed by atoms with Crippen molar-refractivity contribution in [1.82, 2.24) is 0 Å². The summed E-state index contributed by atoms with van der Waals surface area (Å²) >= 11 is 0. The van der Waals surface area contributed by atoms with Crippen molar-refractivity contribution in [3.05, 3.63) is 47.5 Å². The molecule has 0 aliphatic carbocycles. The lowest BCUT2D eigenvalue weighted by Crippen LogP contribution is -2.20. The van der Waals surface area contributed by atoms with Gasteiger partial charge in [0.1, 0.15) is 5.66 Å². The lowest BCUT2D eigenvalue weighted by Gasteiger charge is -2.28. The Kier molecular flexibility index (Phi) is 7.33. The first-order valence-corrected chi connectivity index (χ1v) is 8.82. The predicted octanol–water partition coefficient (Wildman–Crippen LogP) is 4.32. The summed E-state index contributed by atoms with van der Waals surface area (Å²) in [5, 5.41) is 10.6. The van der Waals surface area contributed by atoms with Gasteiger partial charge >= 0.3 is 7.60 Å². The molecule has 0 aliphatic heterocycles. The van der Waals surface area contributed by atoms with Crippen molar-refractivity contribution in [2.75, 3.05) is 13.2 Å². The van der Waals surface area contributed by atoms with Crippen LogP contribution in [0.1, 0.15) is 39.4 Å². The van der Waals surface area contributed by atoms with Gasteiger partial charge in [-0.15, -0.1) is 0 Å². The van der Waals surface area contributed by atoms with Crippen LogP contribution in [0.4, 0.5) is 0 Å². The minimum atomic E-state index is -3.43. The molecule has 1 aromatic rings. The largest absolute Gasteiger partial charge is 0.387 e. The van der Waals surface area contributed by atoms with Gasteiger partial charge < -0.3 is 14.2 Å². The molecule has 0 amide bonds. The van der Waals surface area contributed by atoms with Gasteiger partial charge in [0.05, 0.1) is 19.3 Å². The molecule has 0 unspecified atom stereocenters. The van der Waals surface area contributed by atoms with E-state index in [1.54, 1.807) is 32.1 Å². The maximum Gasteiger partial charge on any atom is 0.340 e. The molecule has 5 heteroatoms. The van der Waals surface area contributed by atoms with Crippen LogP contribution in [0, 0.1) is 0 Å². The molecule has 0 heterocycles. The first kappa shape index (κ1) is 18.1. The SMILES string of the molecule is CCOP(=O)(OCC)[C@@H](C=C(C)C)[C@@H](O)c1ccccc1. The van der Waals surface area contributed by atoms with Gasteiger partial charge in [-0.2, -0.15) is 0 Å². The van der Waals surface area contributed by atoms with E-state index < -0.39 is 19.4 Å². The van der Waals surface area contributed by atoms with Crippen molar-refractivity contribution in [2.45, 2.75) is 39.5 Å². The number of aliphatic hydroxyl groups is 1. The van der Waals surface area contributed by atoms with E-state index in [1.165, 1.54) is 0 Å². The third-order valence-electron chi connectivity index (χ3n) is 2.95. The maximum atomic E-state index is 13.0. The molecule has 1 aromatic carbocycles. The van der Waals surface area contributed by atoms with Crippen LogP contribution in [0.3, 0.4) is 0 Å². The minimum Gasteiger partial charge on any atom is -0.387 e. The second-order valence-corrected chi connectivity index (χ2v) is 7.16. The Bertz CT molecular complexity index is 484. The van der Waals surface area contributed by atoms with Crippen molar-refractivity contribution in [3.8, 4) is 0 Å². The Morgan fingerprint density at radius 3 is 2.14 bits per heavy atom. The number of rotatable bonds is 8. The molecule has 0 aliphatic rings. The summed E-state index contributed by atoms with van der Waals surface area (Å²) in [4.78, 5) is 0. The molecule has 0 saturated carbocycles. The Morgan fingerprint density at radius 2 is 1.71 bits per heavy atom. The van der Waals surface area contributed by atoms with Crippen molar-refractivity contribution in [1.29, 1.82) is 0 Å². The quantitative estimate of drug-likeness (QED) is 0.573. The van der Waals surface area contributed by atoms with Crippen LogP contribution in [0.15, 0.2) is 42.0 Å². The zero-order chi connectivity index (χ0) is 15.9. The highest BCUT2D eigenvalue weighted by molar-refractivity contribution is 7.54. The van der Waals surface area contributed by atoms with Crippen LogP contribution >= 0.6 is 7.60 Å². The monoisotopic (exact) mass is 312 g/mol. The van der Waals surface area contributed by atoms with Crippen molar-refractivity contribution in [2.24, 2.45) is 0 Å². The fourth-order valence-electron chi connectivity index (χ4n) is 2.11.